The zero-order valence-corrected chi connectivity index (χ0v) is 11.4. The van der Waals surface area contributed by atoms with Gasteiger partial charge >= 0.3 is 0 Å². The molecule has 0 bridgehead atoms. The lowest BCUT2D eigenvalue weighted by molar-refractivity contribution is 0.769. The van der Waals surface area contributed by atoms with Crippen molar-refractivity contribution >= 4 is 0 Å². The third-order valence-corrected chi connectivity index (χ3v) is 3.47. The quantitative estimate of drug-likeness (QED) is 0.788. The molecule has 0 saturated heterocycles. The van der Waals surface area contributed by atoms with Crippen molar-refractivity contribution in [2.75, 3.05) is 0 Å². The van der Waals surface area contributed by atoms with Crippen LogP contribution in [0.1, 0.15) is 22.9 Å². The average Bonchev–Trinajstić information content (AvgIpc) is 2.98. The number of aryl methyl sites for hydroxylation is 1. The van der Waals surface area contributed by atoms with Crippen LogP contribution in [0.15, 0.2) is 66.9 Å². The SMILES string of the molecule is Cc1ccccc1C(N)c1ccn(-c2ccccc2)n1. The monoisotopic (exact) mass is 263 g/mol. The Kier molecular flexibility index (Phi) is 3.35. The smallest absolute Gasteiger partial charge is 0.0841 e. The van der Waals surface area contributed by atoms with Crippen molar-refractivity contribution in [1.29, 1.82) is 0 Å². The average molecular weight is 263 g/mol. The Morgan fingerprint density at radius 3 is 2.40 bits per heavy atom. The summed E-state index contributed by atoms with van der Waals surface area (Å²) in [5, 5.41) is 4.59. The zero-order valence-electron chi connectivity index (χ0n) is 11.4. The normalized spacial score (nSPS) is 12.3. The van der Waals surface area contributed by atoms with Crippen molar-refractivity contribution in [3.8, 4) is 5.69 Å². The Morgan fingerprint density at radius 1 is 0.950 bits per heavy atom. The van der Waals surface area contributed by atoms with Gasteiger partial charge in [0.25, 0.3) is 0 Å². The van der Waals surface area contributed by atoms with Gasteiger partial charge in [0, 0.05) is 6.20 Å². The summed E-state index contributed by atoms with van der Waals surface area (Å²) in [6, 6.07) is 20.0. The topological polar surface area (TPSA) is 43.8 Å². The highest BCUT2D eigenvalue weighted by atomic mass is 15.3. The molecule has 0 aliphatic heterocycles. The van der Waals surface area contributed by atoms with Crippen LogP contribution in [0, 0.1) is 6.92 Å². The van der Waals surface area contributed by atoms with E-state index in [-0.39, 0.29) is 6.04 Å². The van der Waals surface area contributed by atoms with E-state index in [9.17, 15) is 0 Å². The van der Waals surface area contributed by atoms with Gasteiger partial charge in [-0.1, -0.05) is 42.5 Å². The van der Waals surface area contributed by atoms with Crippen molar-refractivity contribution in [3.63, 3.8) is 0 Å². The second-order valence-corrected chi connectivity index (χ2v) is 4.85. The summed E-state index contributed by atoms with van der Waals surface area (Å²) < 4.78 is 1.85. The molecule has 2 N–H and O–H groups in total. The van der Waals surface area contributed by atoms with Crippen molar-refractivity contribution in [2.45, 2.75) is 13.0 Å². The van der Waals surface area contributed by atoms with E-state index in [2.05, 4.69) is 24.2 Å². The summed E-state index contributed by atoms with van der Waals surface area (Å²) >= 11 is 0. The van der Waals surface area contributed by atoms with Gasteiger partial charge in [-0.15, -0.1) is 0 Å². The van der Waals surface area contributed by atoms with Crippen LogP contribution < -0.4 is 5.73 Å². The zero-order chi connectivity index (χ0) is 13.9. The second-order valence-electron chi connectivity index (χ2n) is 4.85. The van der Waals surface area contributed by atoms with E-state index in [1.807, 2.05) is 59.4 Å². The Hall–Kier alpha value is -2.39. The van der Waals surface area contributed by atoms with E-state index >= 15 is 0 Å². The van der Waals surface area contributed by atoms with Crippen LogP contribution >= 0.6 is 0 Å². The largest absolute Gasteiger partial charge is 0.319 e. The number of aromatic nitrogens is 2. The van der Waals surface area contributed by atoms with Gasteiger partial charge in [-0.05, 0) is 36.2 Å². The molecule has 3 nitrogen and oxygen atoms in total. The predicted octanol–water partition coefficient (Wildman–Crippen LogP) is 3.23. The fraction of sp³-hybridized carbons (Fsp3) is 0.118. The van der Waals surface area contributed by atoms with Crippen LogP contribution in [-0.4, -0.2) is 9.78 Å². The Bertz CT molecular complexity index is 701. The highest BCUT2D eigenvalue weighted by Gasteiger charge is 2.14. The maximum atomic E-state index is 6.33. The highest BCUT2D eigenvalue weighted by Crippen LogP contribution is 2.21. The minimum atomic E-state index is -0.193. The van der Waals surface area contributed by atoms with Crippen LogP contribution in [0.2, 0.25) is 0 Å². The summed E-state index contributed by atoms with van der Waals surface area (Å²) in [4.78, 5) is 0. The van der Waals surface area contributed by atoms with E-state index in [1.54, 1.807) is 0 Å². The molecule has 3 heteroatoms. The van der Waals surface area contributed by atoms with Gasteiger partial charge in [-0.25, -0.2) is 4.68 Å². The molecule has 0 radical (unpaired) electrons. The van der Waals surface area contributed by atoms with Crippen LogP contribution in [0.5, 0.6) is 0 Å². The molecule has 3 aromatic rings. The summed E-state index contributed by atoms with van der Waals surface area (Å²) in [5.74, 6) is 0. The number of benzene rings is 2. The van der Waals surface area contributed by atoms with Crippen LogP contribution in [0.25, 0.3) is 5.69 Å². The molecule has 0 aliphatic rings. The third kappa shape index (κ3) is 2.36. The van der Waals surface area contributed by atoms with Gasteiger partial charge in [0.1, 0.15) is 0 Å². The first-order valence-corrected chi connectivity index (χ1v) is 6.68. The lowest BCUT2D eigenvalue weighted by Crippen LogP contribution is -2.14. The van der Waals surface area contributed by atoms with E-state index in [0.717, 1.165) is 16.9 Å². The van der Waals surface area contributed by atoms with E-state index in [4.69, 9.17) is 5.73 Å². The van der Waals surface area contributed by atoms with Crippen LogP contribution in [0.4, 0.5) is 0 Å². The predicted molar refractivity (Wildman–Crippen MR) is 80.8 cm³/mol. The first kappa shape index (κ1) is 12.6. The standard InChI is InChI=1S/C17H17N3/c1-13-7-5-6-10-15(13)17(18)16-11-12-20(19-16)14-8-3-2-4-9-14/h2-12,17H,18H2,1H3. The van der Waals surface area contributed by atoms with Crippen LogP contribution in [0.3, 0.4) is 0 Å². The number of nitrogens with zero attached hydrogens (tertiary/aromatic N) is 2. The van der Waals surface area contributed by atoms with E-state index in [0.29, 0.717) is 0 Å². The van der Waals surface area contributed by atoms with Gasteiger partial charge in [0.15, 0.2) is 0 Å². The molecule has 1 heterocycles. The molecule has 0 aliphatic carbocycles. The number of para-hydroxylation sites is 1. The van der Waals surface area contributed by atoms with Gasteiger partial charge in [0.05, 0.1) is 17.4 Å². The minimum absolute atomic E-state index is 0.193. The first-order valence-electron chi connectivity index (χ1n) is 6.68. The Morgan fingerprint density at radius 2 is 1.65 bits per heavy atom. The Labute approximate surface area is 118 Å². The maximum Gasteiger partial charge on any atom is 0.0841 e. The molecule has 1 atom stereocenters. The summed E-state index contributed by atoms with van der Waals surface area (Å²) in [6.45, 7) is 2.07. The third-order valence-electron chi connectivity index (χ3n) is 3.47. The number of hydrogen-bond donors (Lipinski definition) is 1. The molecule has 0 spiro atoms. The second kappa shape index (κ2) is 5.31. The van der Waals surface area contributed by atoms with Crippen LogP contribution in [-0.2, 0) is 0 Å². The van der Waals surface area contributed by atoms with Gasteiger partial charge in [-0.3, -0.25) is 0 Å². The number of hydrogen-bond acceptors (Lipinski definition) is 2. The molecule has 0 saturated carbocycles. The molecular formula is C17H17N3. The molecule has 1 aromatic heterocycles. The van der Waals surface area contributed by atoms with E-state index in [1.165, 1.54) is 5.56 Å². The summed E-state index contributed by atoms with van der Waals surface area (Å²) in [5.41, 5.74) is 10.6. The molecule has 2 aromatic carbocycles. The molecule has 100 valence electrons. The first-order chi connectivity index (χ1) is 9.75. The molecule has 0 fully saturated rings. The summed E-state index contributed by atoms with van der Waals surface area (Å²) in [7, 11) is 0. The van der Waals surface area contributed by atoms with Gasteiger partial charge < -0.3 is 5.73 Å². The lowest BCUT2D eigenvalue weighted by Gasteiger charge is -2.12. The van der Waals surface area contributed by atoms with Crippen molar-refractivity contribution in [2.24, 2.45) is 5.73 Å². The van der Waals surface area contributed by atoms with Crippen molar-refractivity contribution in [3.05, 3.63) is 83.7 Å². The van der Waals surface area contributed by atoms with E-state index < -0.39 is 0 Å². The van der Waals surface area contributed by atoms with Gasteiger partial charge in [-0.2, -0.15) is 5.10 Å². The molecule has 20 heavy (non-hydrogen) atoms. The maximum absolute atomic E-state index is 6.33. The fourth-order valence-electron chi connectivity index (χ4n) is 2.32. The highest BCUT2D eigenvalue weighted by molar-refractivity contribution is 5.35. The molecular weight excluding hydrogens is 246 g/mol. The fourth-order valence-corrected chi connectivity index (χ4v) is 2.32. The lowest BCUT2D eigenvalue weighted by atomic mass is 10.00. The van der Waals surface area contributed by atoms with Crippen molar-refractivity contribution < 1.29 is 0 Å². The number of nitrogens with two attached hydrogens (primary N) is 1. The Balaban J connectivity index is 1.93. The summed E-state index contributed by atoms with van der Waals surface area (Å²) in [6.07, 6.45) is 1.95. The van der Waals surface area contributed by atoms with Gasteiger partial charge in [0.2, 0.25) is 0 Å². The molecule has 0 amide bonds. The number of rotatable bonds is 3. The minimum Gasteiger partial charge on any atom is -0.319 e. The molecule has 1 unspecified atom stereocenters. The molecule has 3 rings (SSSR count). The van der Waals surface area contributed by atoms with Crippen molar-refractivity contribution in [1.82, 2.24) is 9.78 Å².